The summed E-state index contributed by atoms with van der Waals surface area (Å²) in [4.78, 5) is 0. The van der Waals surface area contributed by atoms with Gasteiger partial charge in [-0.1, -0.05) is 36.7 Å². The molecule has 0 amide bonds. The van der Waals surface area contributed by atoms with Crippen molar-refractivity contribution in [3.63, 3.8) is 0 Å². The first-order valence-corrected chi connectivity index (χ1v) is 8.01. The smallest absolute Gasteiger partial charge is 0.126 e. The van der Waals surface area contributed by atoms with Gasteiger partial charge in [0, 0.05) is 11.0 Å². The Labute approximate surface area is 125 Å². The minimum absolute atomic E-state index is 0.0926. The summed E-state index contributed by atoms with van der Waals surface area (Å²) in [6.45, 7) is 8.56. The summed E-state index contributed by atoms with van der Waals surface area (Å²) in [5.41, 5.74) is 0.966. The van der Waals surface area contributed by atoms with E-state index in [4.69, 9.17) is 0 Å². The van der Waals surface area contributed by atoms with Crippen LogP contribution in [-0.2, 0) is 6.42 Å². The molecule has 1 nitrogen and oxygen atoms in total. The second-order valence-corrected chi connectivity index (χ2v) is 6.21. The van der Waals surface area contributed by atoms with Gasteiger partial charge in [-0.3, -0.25) is 0 Å². The molecule has 0 radical (unpaired) electrons. The molecule has 1 aromatic carbocycles. The zero-order valence-electron chi connectivity index (χ0n) is 12.2. The number of nitrogens with one attached hydrogen (secondary N) is 1. The molecule has 1 rings (SSSR count). The van der Waals surface area contributed by atoms with Crippen LogP contribution in [0.3, 0.4) is 0 Å². The summed E-state index contributed by atoms with van der Waals surface area (Å²) in [7, 11) is 0. The van der Waals surface area contributed by atoms with E-state index in [1.54, 1.807) is 12.1 Å². The summed E-state index contributed by atoms with van der Waals surface area (Å²) in [5, 5.41) is 3.50. The van der Waals surface area contributed by atoms with E-state index in [9.17, 15) is 4.39 Å². The lowest BCUT2D eigenvalue weighted by Crippen LogP contribution is -2.36. The summed E-state index contributed by atoms with van der Waals surface area (Å²) in [6, 6.07) is 5.22. The molecule has 0 bridgehead atoms. The van der Waals surface area contributed by atoms with Crippen LogP contribution in [0.2, 0.25) is 0 Å². The van der Waals surface area contributed by atoms with Gasteiger partial charge >= 0.3 is 0 Å². The monoisotopic (exact) mass is 329 g/mol. The summed E-state index contributed by atoms with van der Waals surface area (Å²) >= 11 is 3.43. The lowest BCUT2D eigenvalue weighted by atomic mass is 9.76. The van der Waals surface area contributed by atoms with E-state index in [-0.39, 0.29) is 11.2 Å². The van der Waals surface area contributed by atoms with E-state index in [1.807, 2.05) is 6.07 Å². The van der Waals surface area contributed by atoms with Crippen LogP contribution in [0.5, 0.6) is 0 Å². The van der Waals surface area contributed by atoms with Crippen molar-refractivity contribution in [2.75, 3.05) is 13.1 Å². The molecule has 3 heteroatoms. The largest absolute Gasteiger partial charge is 0.316 e. The van der Waals surface area contributed by atoms with Gasteiger partial charge in [-0.15, -0.1) is 0 Å². The van der Waals surface area contributed by atoms with Gasteiger partial charge < -0.3 is 5.32 Å². The fraction of sp³-hybridized carbons (Fsp3) is 0.625. The quantitative estimate of drug-likeness (QED) is 0.666. The zero-order valence-corrected chi connectivity index (χ0v) is 13.8. The number of halogens is 2. The van der Waals surface area contributed by atoms with Crippen molar-refractivity contribution >= 4 is 15.9 Å². The number of hydrogen-bond donors (Lipinski definition) is 1. The third-order valence-electron chi connectivity index (χ3n) is 4.00. The lowest BCUT2D eigenvalue weighted by Gasteiger charge is -2.32. The number of hydrogen-bond acceptors (Lipinski definition) is 1. The first-order chi connectivity index (χ1) is 9.06. The molecule has 0 aromatic heterocycles. The van der Waals surface area contributed by atoms with E-state index >= 15 is 0 Å². The van der Waals surface area contributed by atoms with Crippen molar-refractivity contribution in [1.82, 2.24) is 5.32 Å². The van der Waals surface area contributed by atoms with E-state index in [0.717, 1.165) is 48.8 Å². The summed E-state index contributed by atoms with van der Waals surface area (Å²) in [5.74, 6) is -0.0926. The van der Waals surface area contributed by atoms with Crippen molar-refractivity contribution in [3.8, 4) is 0 Å². The van der Waals surface area contributed by atoms with Crippen LogP contribution < -0.4 is 5.32 Å². The van der Waals surface area contributed by atoms with Crippen LogP contribution in [0.1, 0.15) is 45.6 Å². The van der Waals surface area contributed by atoms with Crippen molar-refractivity contribution in [2.24, 2.45) is 5.41 Å². The van der Waals surface area contributed by atoms with Crippen molar-refractivity contribution < 1.29 is 4.39 Å². The van der Waals surface area contributed by atoms with E-state index in [0.29, 0.717) is 0 Å². The van der Waals surface area contributed by atoms with Crippen LogP contribution in [0.25, 0.3) is 0 Å². The van der Waals surface area contributed by atoms with Gasteiger partial charge in [-0.2, -0.15) is 0 Å². The molecule has 0 fully saturated rings. The predicted molar refractivity (Wildman–Crippen MR) is 84.0 cm³/mol. The Bertz CT molecular complexity index is 388. The van der Waals surface area contributed by atoms with Crippen LogP contribution in [0.4, 0.5) is 4.39 Å². The Kier molecular flexibility index (Phi) is 7.01. The molecule has 1 aromatic rings. The minimum atomic E-state index is -0.0926. The highest BCUT2D eigenvalue weighted by atomic mass is 79.9. The summed E-state index contributed by atoms with van der Waals surface area (Å²) < 4.78 is 14.9. The minimum Gasteiger partial charge on any atom is -0.316 e. The maximum absolute atomic E-state index is 13.9. The van der Waals surface area contributed by atoms with Gasteiger partial charge in [-0.25, -0.2) is 4.39 Å². The van der Waals surface area contributed by atoms with E-state index < -0.39 is 0 Å². The molecule has 0 unspecified atom stereocenters. The standard InChI is InChI=1S/C16H25BrFN/c1-4-9-19-12-16(5-2,6-3)11-13-10-14(17)7-8-15(13)18/h7-8,10,19H,4-6,9,11-12H2,1-3H3. The molecule has 108 valence electrons. The molecule has 0 aliphatic rings. The Morgan fingerprint density at radius 2 is 1.89 bits per heavy atom. The molecular formula is C16H25BrFN. The van der Waals surface area contributed by atoms with Crippen molar-refractivity contribution in [3.05, 3.63) is 34.1 Å². The molecule has 0 aliphatic carbocycles. The molecule has 0 spiro atoms. The average Bonchev–Trinajstić information content (AvgIpc) is 2.42. The molecule has 0 heterocycles. The molecule has 1 N–H and O–H groups in total. The molecule has 0 atom stereocenters. The van der Waals surface area contributed by atoms with Gasteiger partial charge in [0.2, 0.25) is 0 Å². The first-order valence-electron chi connectivity index (χ1n) is 7.21. The molecule has 19 heavy (non-hydrogen) atoms. The molecule has 0 aliphatic heterocycles. The Morgan fingerprint density at radius 1 is 1.21 bits per heavy atom. The van der Waals surface area contributed by atoms with Crippen LogP contribution in [-0.4, -0.2) is 13.1 Å². The topological polar surface area (TPSA) is 12.0 Å². The Morgan fingerprint density at radius 3 is 2.47 bits per heavy atom. The maximum atomic E-state index is 13.9. The average molecular weight is 330 g/mol. The molecular weight excluding hydrogens is 305 g/mol. The fourth-order valence-electron chi connectivity index (χ4n) is 2.43. The van der Waals surface area contributed by atoms with Crippen LogP contribution in [0, 0.1) is 11.2 Å². The van der Waals surface area contributed by atoms with Gasteiger partial charge in [0.25, 0.3) is 0 Å². The highest BCUT2D eigenvalue weighted by Crippen LogP contribution is 2.32. The predicted octanol–water partition coefficient (Wildman–Crippen LogP) is 4.94. The lowest BCUT2D eigenvalue weighted by molar-refractivity contribution is 0.244. The Hall–Kier alpha value is -0.410. The number of rotatable bonds is 8. The molecule has 0 saturated heterocycles. The maximum Gasteiger partial charge on any atom is 0.126 e. The van der Waals surface area contributed by atoms with E-state index in [1.165, 1.54) is 0 Å². The van der Waals surface area contributed by atoms with Crippen molar-refractivity contribution in [1.29, 1.82) is 0 Å². The van der Waals surface area contributed by atoms with Gasteiger partial charge in [-0.05, 0) is 61.4 Å². The SMILES string of the molecule is CCCNCC(CC)(CC)Cc1cc(Br)ccc1F. The first kappa shape index (κ1) is 16.6. The second-order valence-electron chi connectivity index (χ2n) is 5.30. The fourth-order valence-corrected chi connectivity index (χ4v) is 2.83. The highest BCUT2D eigenvalue weighted by molar-refractivity contribution is 9.10. The molecule has 0 saturated carbocycles. The van der Waals surface area contributed by atoms with Crippen LogP contribution >= 0.6 is 15.9 Å². The highest BCUT2D eigenvalue weighted by Gasteiger charge is 2.27. The third-order valence-corrected chi connectivity index (χ3v) is 4.49. The summed E-state index contributed by atoms with van der Waals surface area (Å²) in [6.07, 6.45) is 4.05. The zero-order chi connectivity index (χ0) is 14.3. The third kappa shape index (κ3) is 4.88. The van der Waals surface area contributed by atoms with Gasteiger partial charge in [0.15, 0.2) is 0 Å². The number of benzene rings is 1. The van der Waals surface area contributed by atoms with Crippen molar-refractivity contribution in [2.45, 2.75) is 46.5 Å². The van der Waals surface area contributed by atoms with Gasteiger partial charge in [0.05, 0.1) is 0 Å². The van der Waals surface area contributed by atoms with Crippen LogP contribution in [0.15, 0.2) is 22.7 Å². The normalized spacial score (nSPS) is 11.8. The van der Waals surface area contributed by atoms with E-state index in [2.05, 4.69) is 42.0 Å². The second kappa shape index (κ2) is 8.01. The Balaban J connectivity index is 2.84. The van der Waals surface area contributed by atoms with Gasteiger partial charge in [0.1, 0.15) is 5.82 Å².